The molecule has 1 aliphatic heterocycles. The Morgan fingerprint density at radius 3 is 2.05 bits per heavy atom. The number of hydrogen-bond donors (Lipinski definition) is 1. The van der Waals surface area contributed by atoms with E-state index in [1.165, 1.54) is 12.8 Å². The Kier molecular flexibility index (Phi) is 5.12. The Bertz CT molecular complexity index is 264. The zero-order chi connectivity index (χ0) is 13.9. The van der Waals surface area contributed by atoms with Crippen molar-refractivity contribution in [1.82, 2.24) is 10.2 Å². The quantitative estimate of drug-likeness (QED) is 0.853. The van der Waals surface area contributed by atoms with Gasteiger partial charge in [0.25, 0.3) is 0 Å². The first-order valence-corrected chi connectivity index (χ1v) is 7.46. The fourth-order valence-corrected chi connectivity index (χ4v) is 3.58. The first kappa shape index (κ1) is 15.1. The number of rotatable bonds is 3. The van der Waals surface area contributed by atoms with Crippen LogP contribution in [0.4, 0.5) is 13.2 Å². The summed E-state index contributed by atoms with van der Waals surface area (Å²) in [6.45, 7) is 3.19. The van der Waals surface area contributed by atoms with Gasteiger partial charge >= 0.3 is 6.18 Å². The molecule has 2 rings (SSSR count). The molecule has 112 valence electrons. The molecule has 0 spiro atoms. The van der Waals surface area contributed by atoms with Crippen LogP contribution < -0.4 is 5.32 Å². The summed E-state index contributed by atoms with van der Waals surface area (Å²) in [6.07, 6.45) is 0.474. The highest BCUT2D eigenvalue weighted by molar-refractivity contribution is 4.85. The van der Waals surface area contributed by atoms with Crippen molar-refractivity contribution in [2.75, 3.05) is 26.7 Å². The molecule has 1 saturated carbocycles. The molecule has 1 aliphatic carbocycles. The van der Waals surface area contributed by atoms with Crippen LogP contribution in [0.5, 0.6) is 0 Å². The monoisotopic (exact) mass is 278 g/mol. The summed E-state index contributed by atoms with van der Waals surface area (Å²) >= 11 is 0. The molecule has 2 aliphatic rings. The van der Waals surface area contributed by atoms with Gasteiger partial charge in [-0.05, 0) is 71.1 Å². The van der Waals surface area contributed by atoms with Gasteiger partial charge in [0.15, 0.2) is 0 Å². The van der Waals surface area contributed by atoms with Crippen molar-refractivity contribution >= 4 is 0 Å². The second kappa shape index (κ2) is 6.44. The molecule has 0 radical (unpaired) electrons. The average molecular weight is 278 g/mol. The highest BCUT2D eigenvalue weighted by Crippen LogP contribution is 2.39. The van der Waals surface area contributed by atoms with Crippen LogP contribution in [-0.4, -0.2) is 43.8 Å². The predicted molar refractivity (Wildman–Crippen MR) is 70.0 cm³/mol. The van der Waals surface area contributed by atoms with Crippen LogP contribution in [-0.2, 0) is 0 Å². The van der Waals surface area contributed by atoms with Gasteiger partial charge in [-0.1, -0.05) is 0 Å². The van der Waals surface area contributed by atoms with Gasteiger partial charge in [-0.15, -0.1) is 0 Å². The Morgan fingerprint density at radius 2 is 1.58 bits per heavy atom. The van der Waals surface area contributed by atoms with E-state index in [2.05, 4.69) is 10.2 Å². The van der Waals surface area contributed by atoms with E-state index in [0.717, 1.165) is 38.4 Å². The molecule has 5 heteroatoms. The van der Waals surface area contributed by atoms with Crippen LogP contribution in [0.3, 0.4) is 0 Å². The molecular weight excluding hydrogens is 253 g/mol. The molecule has 0 bridgehead atoms. The van der Waals surface area contributed by atoms with E-state index < -0.39 is 12.1 Å². The highest BCUT2D eigenvalue weighted by atomic mass is 19.4. The Balaban J connectivity index is 1.74. The van der Waals surface area contributed by atoms with Gasteiger partial charge in [-0.25, -0.2) is 0 Å². The number of likely N-dealkylation sites (tertiary alicyclic amines) is 1. The van der Waals surface area contributed by atoms with Gasteiger partial charge in [0.05, 0.1) is 5.92 Å². The Labute approximate surface area is 113 Å². The number of alkyl halides is 3. The maximum atomic E-state index is 12.6. The lowest BCUT2D eigenvalue weighted by Crippen LogP contribution is -2.45. The second-order valence-corrected chi connectivity index (χ2v) is 6.08. The second-order valence-electron chi connectivity index (χ2n) is 6.08. The van der Waals surface area contributed by atoms with Crippen molar-refractivity contribution in [3.05, 3.63) is 0 Å². The lowest BCUT2D eigenvalue weighted by atomic mass is 9.83. The molecule has 0 aromatic heterocycles. The lowest BCUT2D eigenvalue weighted by Gasteiger charge is -2.41. The molecule has 0 amide bonds. The van der Waals surface area contributed by atoms with Crippen LogP contribution in [0, 0.1) is 11.8 Å². The summed E-state index contributed by atoms with van der Waals surface area (Å²) < 4.78 is 37.9. The number of hydrogen-bond acceptors (Lipinski definition) is 2. The molecule has 0 unspecified atom stereocenters. The zero-order valence-corrected chi connectivity index (χ0v) is 11.7. The molecule has 1 heterocycles. The van der Waals surface area contributed by atoms with E-state index in [1.807, 2.05) is 7.05 Å². The van der Waals surface area contributed by atoms with Crippen LogP contribution in [0.15, 0.2) is 0 Å². The molecule has 2 fully saturated rings. The van der Waals surface area contributed by atoms with Crippen LogP contribution in [0.1, 0.15) is 38.5 Å². The minimum absolute atomic E-state index is 0.324. The van der Waals surface area contributed by atoms with Gasteiger partial charge in [0, 0.05) is 6.04 Å². The summed E-state index contributed by atoms with van der Waals surface area (Å²) in [4.78, 5) is 2.43. The van der Waals surface area contributed by atoms with Crippen molar-refractivity contribution in [3.8, 4) is 0 Å². The minimum atomic E-state index is -3.98. The predicted octanol–water partition coefficient (Wildman–Crippen LogP) is 3.04. The normalized spacial score (nSPS) is 31.6. The Hall–Kier alpha value is -0.290. The van der Waals surface area contributed by atoms with Gasteiger partial charge in [0.2, 0.25) is 0 Å². The van der Waals surface area contributed by atoms with Crippen molar-refractivity contribution in [2.45, 2.75) is 50.7 Å². The maximum absolute atomic E-state index is 12.6. The summed E-state index contributed by atoms with van der Waals surface area (Å²) in [5, 5.41) is 3.21. The topological polar surface area (TPSA) is 15.3 Å². The number of piperidine rings is 1. The van der Waals surface area contributed by atoms with Gasteiger partial charge < -0.3 is 10.2 Å². The van der Waals surface area contributed by atoms with Crippen molar-refractivity contribution in [3.63, 3.8) is 0 Å². The SMILES string of the molecule is CNCC1CCN(C2CCC(C(F)(F)F)CC2)CC1. The van der Waals surface area contributed by atoms with Crippen molar-refractivity contribution in [2.24, 2.45) is 11.8 Å². The third-order valence-corrected chi connectivity index (χ3v) is 4.82. The standard InChI is InChI=1S/C14H25F3N2/c1-18-10-11-6-8-19(9-7-11)13-4-2-12(3-5-13)14(15,16)17/h11-13,18H,2-10H2,1H3. The van der Waals surface area contributed by atoms with Crippen LogP contribution >= 0.6 is 0 Å². The molecule has 1 N–H and O–H groups in total. The first-order chi connectivity index (χ1) is 9.00. The summed E-state index contributed by atoms with van der Waals surface area (Å²) in [6, 6.07) is 0.397. The zero-order valence-electron chi connectivity index (χ0n) is 11.7. The van der Waals surface area contributed by atoms with E-state index in [4.69, 9.17) is 0 Å². The fraction of sp³-hybridized carbons (Fsp3) is 1.00. The van der Waals surface area contributed by atoms with E-state index in [9.17, 15) is 13.2 Å². The molecular formula is C14H25F3N2. The number of halogens is 3. The van der Waals surface area contributed by atoms with E-state index in [0.29, 0.717) is 18.9 Å². The highest BCUT2D eigenvalue weighted by Gasteiger charge is 2.42. The molecule has 0 atom stereocenters. The molecule has 0 aromatic carbocycles. The van der Waals surface area contributed by atoms with Crippen molar-refractivity contribution < 1.29 is 13.2 Å². The first-order valence-electron chi connectivity index (χ1n) is 7.46. The summed E-state index contributed by atoms with van der Waals surface area (Å²) in [5.74, 6) is -0.307. The number of nitrogens with zero attached hydrogens (tertiary/aromatic N) is 1. The van der Waals surface area contributed by atoms with Gasteiger partial charge in [-0.2, -0.15) is 13.2 Å². The average Bonchev–Trinajstić information content (AvgIpc) is 2.39. The number of nitrogens with one attached hydrogen (secondary N) is 1. The molecule has 1 saturated heterocycles. The van der Waals surface area contributed by atoms with Gasteiger partial charge in [0.1, 0.15) is 0 Å². The molecule has 19 heavy (non-hydrogen) atoms. The minimum Gasteiger partial charge on any atom is -0.319 e. The molecule has 2 nitrogen and oxygen atoms in total. The smallest absolute Gasteiger partial charge is 0.319 e. The molecule has 0 aromatic rings. The van der Waals surface area contributed by atoms with E-state index >= 15 is 0 Å². The fourth-order valence-electron chi connectivity index (χ4n) is 3.58. The van der Waals surface area contributed by atoms with Crippen molar-refractivity contribution in [1.29, 1.82) is 0 Å². The largest absolute Gasteiger partial charge is 0.391 e. The maximum Gasteiger partial charge on any atom is 0.391 e. The third kappa shape index (κ3) is 4.09. The van der Waals surface area contributed by atoms with E-state index in [-0.39, 0.29) is 0 Å². The lowest BCUT2D eigenvalue weighted by molar-refractivity contribution is -0.184. The third-order valence-electron chi connectivity index (χ3n) is 4.82. The summed E-state index contributed by atoms with van der Waals surface area (Å²) in [7, 11) is 1.98. The van der Waals surface area contributed by atoms with Gasteiger partial charge in [-0.3, -0.25) is 0 Å². The van der Waals surface area contributed by atoms with Crippen LogP contribution in [0.2, 0.25) is 0 Å². The van der Waals surface area contributed by atoms with Crippen LogP contribution in [0.25, 0.3) is 0 Å². The Morgan fingerprint density at radius 1 is 1.00 bits per heavy atom. The van der Waals surface area contributed by atoms with E-state index in [1.54, 1.807) is 0 Å². The summed E-state index contributed by atoms with van der Waals surface area (Å²) in [5.41, 5.74) is 0.